The van der Waals surface area contributed by atoms with Crippen molar-refractivity contribution in [1.82, 2.24) is 19.7 Å². The number of hydrogen-bond donors (Lipinski definition) is 1. The summed E-state index contributed by atoms with van der Waals surface area (Å²) < 4.78 is 33.8. The highest BCUT2D eigenvalue weighted by Crippen LogP contribution is 2.31. The Morgan fingerprint density at radius 3 is 2.55 bits per heavy atom. The SMILES string of the molecule is Cc1cccc(-c2nnc3n2-c2ccc(C#N)cc2CC(C)C3)n1.O=C(O)C(F)(F)F. The highest BCUT2D eigenvalue weighted by Gasteiger charge is 2.38. The second kappa shape index (κ2) is 8.55. The minimum atomic E-state index is -5.08. The van der Waals surface area contributed by atoms with E-state index in [1.807, 2.05) is 43.3 Å². The summed E-state index contributed by atoms with van der Waals surface area (Å²) in [6.45, 7) is 4.18. The first-order valence-corrected chi connectivity index (χ1v) is 9.32. The third-order valence-electron chi connectivity index (χ3n) is 4.64. The van der Waals surface area contributed by atoms with Crippen LogP contribution in [-0.2, 0) is 17.6 Å². The number of hydrogen-bond acceptors (Lipinski definition) is 5. The Labute approximate surface area is 175 Å². The minimum Gasteiger partial charge on any atom is -0.475 e. The lowest BCUT2D eigenvalue weighted by atomic mass is 9.97. The van der Waals surface area contributed by atoms with E-state index in [9.17, 15) is 18.4 Å². The van der Waals surface area contributed by atoms with Crippen LogP contribution in [0.15, 0.2) is 36.4 Å². The van der Waals surface area contributed by atoms with Crippen molar-refractivity contribution in [3.05, 3.63) is 59.0 Å². The smallest absolute Gasteiger partial charge is 0.475 e. The summed E-state index contributed by atoms with van der Waals surface area (Å²) in [5, 5.41) is 25.2. The quantitative estimate of drug-likeness (QED) is 0.630. The van der Waals surface area contributed by atoms with E-state index in [-0.39, 0.29) is 0 Å². The standard InChI is InChI=1S/C19H17N5.C2HF3O2/c1-12-8-15-10-14(11-20)6-7-17(15)24-18(9-12)22-23-19(24)16-5-3-4-13(2)21-16;3-2(4,5)1(6)7/h3-7,10,12H,8-9H2,1-2H3;(H,6,7). The van der Waals surface area contributed by atoms with E-state index >= 15 is 0 Å². The van der Waals surface area contributed by atoms with Crippen molar-refractivity contribution in [2.24, 2.45) is 5.92 Å². The number of halogens is 3. The Morgan fingerprint density at radius 1 is 1.23 bits per heavy atom. The molecule has 0 aliphatic carbocycles. The molecule has 10 heteroatoms. The van der Waals surface area contributed by atoms with Gasteiger partial charge in [-0.2, -0.15) is 18.4 Å². The zero-order valence-electron chi connectivity index (χ0n) is 16.7. The molecule has 1 aliphatic heterocycles. The topological polar surface area (TPSA) is 105 Å². The summed E-state index contributed by atoms with van der Waals surface area (Å²) in [6.07, 6.45) is -3.30. The molecule has 0 saturated carbocycles. The van der Waals surface area contributed by atoms with Gasteiger partial charge in [0.15, 0.2) is 5.82 Å². The number of carboxylic acid groups (broad SMARTS) is 1. The number of nitrogens with zero attached hydrogens (tertiary/aromatic N) is 5. The number of pyridine rings is 1. The van der Waals surface area contributed by atoms with Gasteiger partial charge in [0, 0.05) is 12.1 Å². The van der Waals surface area contributed by atoms with Gasteiger partial charge in [0.25, 0.3) is 0 Å². The van der Waals surface area contributed by atoms with Gasteiger partial charge in [-0.05, 0) is 55.2 Å². The second-order valence-electron chi connectivity index (χ2n) is 7.21. The first-order valence-electron chi connectivity index (χ1n) is 9.32. The highest BCUT2D eigenvalue weighted by molar-refractivity contribution is 5.73. The zero-order valence-corrected chi connectivity index (χ0v) is 16.7. The minimum absolute atomic E-state index is 0.446. The zero-order chi connectivity index (χ0) is 22.8. The van der Waals surface area contributed by atoms with E-state index in [4.69, 9.17) is 9.90 Å². The molecule has 1 atom stereocenters. The molecule has 0 radical (unpaired) electrons. The molecule has 0 spiro atoms. The molecule has 7 nitrogen and oxygen atoms in total. The largest absolute Gasteiger partial charge is 0.490 e. The molecule has 0 bridgehead atoms. The molecule has 1 aromatic carbocycles. The van der Waals surface area contributed by atoms with E-state index < -0.39 is 12.1 Å². The number of aromatic nitrogens is 4. The molecule has 4 rings (SSSR count). The number of benzene rings is 1. The fraction of sp³-hybridized carbons (Fsp3) is 0.286. The Balaban J connectivity index is 0.000000339. The Hall–Kier alpha value is -3.74. The molecule has 31 heavy (non-hydrogen) atoms. The van der Waals surface area contributed by atoms with Gasteiger partial charge in [-0.3, -0.25) is 4.57 Å². The summed E-state index contributed by atoms with van der Waals surface area (Å²) >= 11 is 0. The molecule has 1 N–H and O–H groups in total. The molecule has 1 aliphatic rings. The fourth-order valence-corrected chi connectivity index (χ4v) is 3.33. The van der Waals surface area contributed by atoms with Crippen LogP contribution in [0.3, 0.4) is 0 Å². The van der Waals surface area contributed by atoms with Gasteiger partial charge in [0.05, 0.1) is 17.3 Å². The van der Waals surface area contributed by atoms with E-state index in [0.717, 1.165) is 47.1 Å². The number of nitriles is 1. The Morgan fingerprint density at radius 2 is 1.94 bits per heavy atom. The second-order valence-corrected chi connectivity index (χ2v) is 7.21. The Kier molecular flexibility index (Phi) is 6.06. The molecule has 0 fully saturated rings. The predicted molar refractivity (Wildman–Crippen MR) is 104 cm³/mol. The maximum Gasteiger partial charge on any atom is 0.490 e. The third-order valence-corrected chi connectivity index (χ3v) is 4.64. The van der Waals surface area contributed by atoms with Crippen LogP contribution in [-0.4, -0.2) is 37.0 Å². The molecule has 3 aromatic rings. The summed E-state index contributed by atoms with van der Waals surface area (Å²) in [5.74, 6) is -0.605. The van der Waals surface area contributed by atoms with Gasteiger partial charge in [0.1, 0.15) is 11.5 Å². The monoisotopic (exact) mass is 429 g/mol. The first kappa shape index (κ1) is 22.0. The molecule has 3 heterocycles. The van der Waals surface area contributed by atoms with E-state index in [0.29, 0.717) is 11.5 Å². The van der Waals surface area contributed by atoms with Crippen LogP contribution >= 0.6 is 0 Å². The molecule has 2 aromatic heterocycles. The lowest BCUT2D eigenvalue weighted by Crippen LogP contribution is -2.21. The number of carbonyl (C=O) groups is 1. The molecule has 0 amide bonds. The van der Waals surface area contributed by atoms with Gasteiger partial charge in [0.2, 0.25) is 0 Å². The van der Waals surface area contributed by atoms with Crippen molar-refractivity contribution < 1.29 is 23.1 Å². The summed E-state index contributed by atoms with van der Waals surface area (Å²) in [5.41, 5.74) is 4.67. The average molecular weight is 429 g/mol. The summed E-state index contributed by atoms with van der Waals surface area (Å²) in [7, 11) is 0. The lowest BCUT2D eigenvalue weighted by Gasteiger charge is -2.12. The number of aliphatic carboxylic acids is 1. The Bertz CT molecular complexity index is 1160. The average Bonchev–Trinajstić information content (AvgIpc) is 3.04. The molecular weight excluding hydrogens is 411 g/mol. The van der Waals surface area contributed by atoms with Crippen molar-refractivity contribution in [1.29, 1.82) is 5.26 Å². The predicted octanol–water partition coefficient (Wildman–Crippen LogP) is 3.88. The van der Waals surface area contributed by atoms with Crippen LogP contribution in [0, 0.1) is 24.2 Å². The van der Waals surface area contributed by atoms with E-state index in [1.54, 1.807) is 0 Å². The van der Waals surface area contributed by atoms with Gasteiger partial charge >= 0.3 is 12.1 Å². The number of alkyl halides is 3. The van der Waals surface area contributed by atoms with Gasteiger partial charge < -0.3 is 5.11 Å². The molecular formula is C21H18F3N5O2. The van der Waals surface area contributed by atoms with Crippen LogP contribution in [0.5, 0.6) is 0 Å². The number of rotatable bonds is 1. The van der Waals surface area contributed by atoms with Crippen LogP contribution < -0.4 is 0 Å². The van der Waals surface area contributed by atoms with Crippen molar-refractivity contribution >= 4 is 5.97 Å². The van der Waals surface area contributed by atoms with Crippen LogP contribution in [0.25, 0.3) is 17.2 Å². The fourth-order valence-electron chi connectivity index (χ4n) is 3.33. The van der Waals surface area contributed by atoms with Gasteiger partial charge in [-0.25, -0.2) is 9.78 Å². The lowest BCUT2D eigenvalue weighted by molar-refractivity contribution is -0.192. The molecule has 160 valence electrons. The van der Waals surface area contributed by atoms with Crippen molar-refractivity contribution in [2.45, 2.75) is 32.9 Å². The first-order chi connectivity index (χ1) is 14.6. The van der Waals surface area contributed by atoms with Crippen LogP contribution in [0.1, 0.15) is 29.6 Å². The summed E-state index contributed by atoms with van der Waals surface area (Å²) in [6, 6.07) is 14.0. The maximum absolute atomic E-state index is 10.6. The van der Waals surface area contributed by atoms with Gasteiger partial charge in [-0.15, -0.1) is 10.2 Å². The number of aryl methyl sites for hydroxylation is 1. The normalized spacial score (nSPS) is 14.9. The van der Waals surface area contributed by atoms with Crippen LogP contribution in [0.2, 0.25) is 0 Å². The summed E-state index contributed by atoms with van der Waals surface area (Å²) in [4.78, 5) is 13.5. The van der Waals surface area contributed by atoms with Crippen LogP contribution in [0.4, 0.5) is 13.2 Å². The number of fused-ring (bicyclic) bond motifs is 3. The van der Waals surface area contributed by atoms with Gasteiger partial charge in [-0.1, -0.05) is 13.0 Å². The maximum atomic E-state index is 10.6. The highest BCUT2D eigenvalue weighted by atomic mass is 19.4. The van der Waals surface area contributed by atoms with Crippen molar-refractivity contribution in [3.63, 3.8) is 0 Å². The molecule has 0 saturated heterocycles. The van der Waals surface area contributed by atoms with E-state index in [1.165, 1.54) is 0 Å². The number of carboxylic acids is 1. The van der Waals surface area contributed by atoms with E-state index in [2.05, 4.69) is 32.7 Å². The molecule has 1 unspecified atom stereocenters. The van der Waals surface area contributed by atoms with Crippen molar-refractivity contribution in [3.8, 4) is 23.3 Å². The van der Waals surface area contributed by atoms with Crippen molar-refractivity contribution in [2.75, 3.05) is 0 Å². The third kappa shape index (κ3) is 4.88.